The van der Waals surface area contributed by atoms with Gasteiger partial charge in [0.2, 0.25) is 0 Å². The third-order valence-corrected chi connectivity index (χ3v) is 9.90. The van der Waals surface area contributed by atoms with Crippen LogP contribution in [0.5, 0.6) is 0 Å². The van der Waals surface area contributed by atoms with Gasteiger partial charge in [-0.15, -0.1) is 0 Å². The summed E-state index contributed by atoms with van der Waals surface area (Å²) in [6.07, 6.45) is 36.9. The highest BCUT2D eigenvalue weighted by molar-refractivity contribution is 5.56. The van der Waals surface area contributed by atoms with Crippen LogP contribution in [0.4, 0.5) is 0 Å². The summed E-state index contributed by atoms with van der Waals surface area (Å²) in [6, 6.07) is 12.9. The van der Waals surface area contributed by atoms with Gasteiger partial charge in [-0.25, -0.2) is 0 Å². The maximum atomic E-state index is 3.76. The summed E-state index contributed by atoms with van der Waals surface area (Å²) in [5.74, 6) is 0. The molecule has 0 aliphatic carbocycles. The molecule has 248 valence electrons. The fraction of sp³-hybridized carbons (Fsp3) is 0.524. The fourth-order valence-corrected chi connectivity index (χ4v) is 7.09. The zero-order chi connectivity index (χ0) is 31.8. The quantitative estimate of drug-likeness (QED) is 0.0628. The van der Waals surface area contributed by atoms with Crippen LogP contribution in [0.2, 0.25) is 0 Å². The predicted molar refractivity (Wildman–Crippen MR) is 198 cm³/mol. The van der Waals surface area contributed by atoms with Crippen molar-refractivity contribution in [2.24, 2.45) is 0 Å². The standard InChI is InChI=1S/C42H60N4/c1-3-4-5-6-7-8-9-10-11-12-13-14-15-16-17-18-19-20-21-22-40-33(2)41-31-38-27-25-36(44-38)29-34-23-24-35(43-34)30-37-26-28-39(45-37)32-42(40)46-41/h23-32,43-46H,3-22H2,1-2H3. The van der Waals surface area contributed by atoms with Crippen LogP contribution in [0.15, 0.2) is 36.4 Å². The Kier molecular flexibility index (Phi) is 13.8. The minimum atomic E-state index is 1.09. The van der Waals surface area contributed by atoms with Crippen molar-refractivity contribution in [2.45, 2.75) is 142 Å². The molecule has 0 saturated heterocycles. The molecular weight excluding hydrogens is 560 g/mol. The highest BCUT2D eigenvalue weighted by Crippen LogP contribution is 2.15. The molecule has 5 heterocycles. The number of unbranched alkanes of at least 4 members (excludes halogenated alkanes) is 18. The third kappa shape index (κ3) is 10.9. The molecule has 0 atom stereocenters. The first-order valence-electron chi connectivity index (χ1n) is 18.9. The van der Waals surface area contributed by atoms with Gasteiger partial charge in [0.1, 0.15) is 0 Å². The molecule has 4 N–H and O–H groups in total. The molecule has 0 unspecified atom stereocenters. The summed E-state index contributed by atoms with van der Waals surface area (Å²) in [4.78, 5) is 14.4. The van der Waals surface area contributed by atoms with Crippen molar-refractivity contribution in [2.75, 3.05) is 0 Å². The van der Waals surface area contributed by atoms with Crippen LogP contribution in [-0.4, -0.2) is 19.9 Å². The number of hydrogen-bond acceptors (Lipinski definition) is 0. The first kappa shape index (κ1) is 33.9. The van der Waals surface area contributed by atoms with Crippen LogP contribution in [0, 0.1) is 6.92 Å². The molecule has 1 aliphatic heterocycles. The molecule has 0 fully saturated rings. The van der Waals surface area contributed by atoms with Crippen molar-refractivity contribution in [1.29, 1.82) is 0 Å². The van der Waals surface area contributed by atoms with E-state index >= 15 is 0 Å². The third-order valence-electron chi connectivity index (χ3n) is 9.90. The van der Waals surface area contributed by atoms with E-state index in [9.17, 15) is 0 Å². The van der Waals surface area contributed by atoms with Gasteiger partial charge >= 0.3 is 0 Å². The lowest BCUT2D eigenvalue weighted by Crippen LogP contribution is -2.12. The highest BCUT2D eigenvalue weighted by Gasteiger charge is 2.08. The van der Waals surface area contributed by atoms with Crippen LogP contribution >= 0.6 is 0 Å². The summed E-state index contributed by atoms with van der Waals surface area (Å²) in [6.45, 7) is 4.58. The summed E-state index contributed by atoms with van der Waals surface area (Å²) in [7, 11) is 0. The molecule has 5 rings (SSSR count). The second-order valence-electron chi connectivity index (χ2n) is 13.9. The predicted octanol–water partition coefficient (Wildman–Crippen LogP) is 8.91. The van der Waals surface area contributed by atoms with Gasteiger partial charge in [-0.2, -0.15) is 0 Å². The second-order valence-corrected chi connectivity index (χ2v) is 13.9. The van der Waals surface area contributed by atoms with Crippen LogP contribution in [0.3, 0.4) is 0 Å². The molecule has 0 amide bonds. The Labute approximate surface area is 277 Å². The molecule has 46 heavy (non-hydrogen) atoms. The van der Waals surface area contributed by atoms with E-state index in [4.69, 9.17) is 0 Å². The molecule has 4 heteroatoms. The fourth-order valence-electron chi connectivity index (χ4n) is 7.09. The van der Waals surface area contributed by atoms with Crippen molar-refractivity contribution < 1.29 is 0 Å². The Morgan fingerprint density at radius 2 is 0.783 bits per heavy atom. The maximum Gasteiger partial charge on any atom is 0.0441 e. The largest absolute Gasteiger partial charge is 0.355 e. The SMILES string of the molecule is CCCCCCCCCCCCCCCCCCCCCc1c(C)c2[nH]c1=Cc1ccc([nH]1)C=c1ccc([nH]1)=Cc1ccc([nH]1)C=2. The normalized spacial score (nSPS) is 12.4. The molecule has 0 aromatic carbocycles. The van der Waals surface area contributed by atoms with Crippen molar-refractivity contribution in [3.05, 3.63) is 91.7 Å². The Morgan fingerprint density at radius 3 is 1.24 bits per heavy atom. The Hall–Kier alpha value is -3.40. The molecule has 4 aromatic rings. The lowest BCUT2D eigenvalue weighted by molar-refractivity contribution is 0.523. The average molecular weight is 621 g/mol. The molecule has 0 spiro atoms. The number of fused-ring (bicyclic) bond motifs is 8. The van der Waals surface area contributed by atoms with E-state index in [0.717, 1.165) is 39.9 Å². The van der Waals surface area contributed by atoms with E-state index in [-0.39, 0.29) is 0 Å². The molecule has 0 saturated carbocycles. The molecule has 1 aliphatic rings. The monoisotopic (exact) mass is 620 g/mol. The van der Waals surface area contributed by atoms with E-state index in [2.05, 4.69) is 94.5 Å². The van der Waals surface area contributed by atoms with E-state index in [1.165, 1.54) is 144 Å². The van der Waals surface area contributed by atoms with Gasteiger partial charge in [0.15, 0.2) is 0 Å². The minimum Gasteiger partial charge on any atom is -0.355 e. The topological polar surface area (TPSA) is 63.2 Å². The van der Waals surface area contributed by atoms with E-state index in [1.54, 1.807) is 0 Å². The van der Waals surface area contributed by atoms with Crippen LogP contribution in [0.1, 0.15) is 163 Å². The van der Waals surface area contributed by atoms with Crippen molar-refractivity contribution in [3.8, 4) is 0 Å². The van der Waals surface area contributed by atoms with Crippen molar-refractivity contribution >= 4 is 24.3 Å². The first-order valence-corrected chi connectivity index (χ1v) is 18.9. The lowest BCUT2D eigenvalue weighted by Gasteiger charge is -2.04. The van der Waals surface area contributed by atoms with Crippen molar-refractivity contribution in [3.63, 3.8) is 0 Å². The zero-order valence-electron chi connectivity index (χ0n) is 28.9. The first-order chi connectivity index (χ1) is 22.7. The van der Waals surface area contributed by atoms with Gasteiger partial charge in [0.25, 0.3) is 0 Å². The molecule has 4 nitrogen and oxygen atoms in total. The molecule has 4 aromatic heterocycles. The van der Waals surface area contributed by atoms with Gasteiger partial charge in [0, 0.05) is 44.2 Å². The number of hydrogen-bond donors (Lipinski definition) is 4. The van der Waals surface area contributed by atoms with Gasteiger partial charge < -0.3 is 19.9 Å². The number of rotatable bonds is 20. The summed E-state index contributed by atoms with van der Waals surface area (Å²) >= 11 is 0. The number of H-pyrrole nitrogens is 4. The zero-order valence-corrected chi connectivity index (χ0v) is 28.9. The number of nitrogens with one attached hydrogen (secondary N) is 4. The summed E-state index contributed by atoms with van der Waals surface area (Å²) < 4.78 is 0. The van der Waals surface area contributed by atoms with E-state index in [0.29, 0.717) is 0 Å². The van der Waals surface area contributed by atoms with Crippen LogP contribution < -0.4 is 21.4 Å². The second kappa shape index (κ2) is 18.7. The Bertz CT molecular complexity index is 1690. The summed E-state index contributed by atoms with van der Waals surface area (Å²) in [5, 5.41) is 4.60. The molecular formula is C42H60N4. The van der Waals surface area contributed by atoms with E-state index in [1.807, 2.05) is 0 Å². The summed E-state index contributed by atoms with van der Waals surface area (Å²) in [5.41, 5.74) is 7.26. The van der Waals surface area contributed by atoms with Gasteiger partial charge in [-0.05, 0) is 91.6 Å². The lowest BCUT2D eigenvalue weighted by atomic mass is 10.0. The number of aromatic amines is 4. The van der Waals surface area contributed by atoms with Gasteiger partial charge in [0.05, 0.1) is 0 Å². The van der Waals surface area contributed by atoms with Crippen molar-refractivity contribution in [1.82, 2.24) is 19.9 Å². The average Bonchev–Trinajstić information content (AvgIpc) is 3.85. The van der Waals surface area contributed by atoms with Gasteiger partial charge in [-0.3, -0.25) is 0 Å². The molecule has 0 radical (unpaired) electrons. The number of aromatic nitrogens is 4. The Morgan fingerprint density at radius 1 is 0.391 bits per heavy atom. The minimum absolute atomic E-state index is 1.09. The van der Waals surface area contributed by atoms with Gasteiger partial charge in [-0.1, -0.05) is 122 Å². The van der Waals surface area contributed by atoms with Crippen LogP contribution in [0.25, 0.3) is 24.3 Å². The highest BCUT2D eigenvalue weighted by atomic mass is 14.8. The molecule has 8 bridgehead atoms. The van der Waals surface area contributed by atoms with E-state index < -0.39 is 0 Å². The maximum absolute atomic E-state index is 3.76. The van der Waals surface area contributed by atoms with Crippen LogP contribution in [-0.2, 0) is 6.42 Å². The Balaban J connectivity index is 1.04. The smallest absolute Gasteiger partial charge is 0.0441 e.